The Bertz CT molecular complexity index is 308. The fraction of sp³-hybridized carbons (Fsp3) is 0.700. The van der Waals surface area contributed by atoms with Gasteiger partial charge in [-0.25, -0.2) is 19.9 Å². The molecular formula is C10H17N3O4. The van der Waals surface area contributed by atoms with E-state index in [4.69, 9.17) is 4.79 Å². The molecule has 7 heteroatoms. The first-order valence-electron chi connectivity index (χ1n) is 5.59. The minimum Gasteiger partial charge on any atom is -0.304 e. The van der Waals surface area contributed by atoms with Gasteiger partial charge in [-0.05, 0) is 19.8 Å². The minimum atomic E-state index is -0.490. The summed E-state index contributed by atoms with van der Waals surface area (Å²) in [5.41, 5.74) is 0. The average Bonchev–Trinajstić information content (AvgIpc) is 2.44. The normalized spacial score (nSPS) is 20.2. The Morgan fingerprint density at radius 2 is 1.65 bits per heavy atom. The number of hydroxylamine groups is 2. The molecule has 2 saturated heterocycles. The number of aldehydes is 1. The highest BCUT2D eigenvalue weighted by Crippen LogP contribution is 2.17. The molecule has 0 radical (unpaired) electrons. The fourth-order valence-electron chi connectivity index (χ4n) is 1.78. The van der Waals surface area contributed by atoms with E-state index in [1.165, 1.54) is 16.9 Å². The summed E-state index contributed by atoms with van der Waals surface area (Å²) in [7, 11) is 0. The molecule has 1 N–H and O–H groups in total. The summed E-state index contributed by atoms with van der Waals surface area (Å²) in [4.78, 5) is 31.9. The van der Waals surface area contributed by atoms with E-state index in [2.05, 4.69) is 0 Å². The van der Waals surface area contributed by atoms with Gasteiger partial charge in [0.15, 0.2) is 0 Å². The van der Waals surface area contributed by atoms with Crippen molar-refractivity contribution in [2.45, 2.75) is 26.2 Å². The number of fused-ring (bicyclic) bond motifs is 1. The Hall–Kier alpha value is -1.63. The second kappa shape index (κ2) is 6.19. The number of amides is 3. The number of hydrogen-bond acceptors (Lipinski definition) is 4. The van der Waals surface area contributed by atoms with Gasteiger partial charge in [0, 0.05) is 19.5 Å². The summed E-state index contributed by atoms with van der Waals surface area (Å²) in [5.74, 6) is -0.0883. The van der Waals surface area contributed by atoms with Gasteiger partial charge >= 0.3 is 6.03 Å². The van der Waals surface area contributed by atoms with E-state index >= 15 is 0 Å². The zero-order chi connectivity index (χ0) is 12.8. The maximum Gasteiger partial charge on any atom is 0.362 e. The SMILES string of the molecule is CC=O.O=C1CCN(O)C(=O)N2CCCCN12. The van der Waals surface area contributed by atoms with Crippen LogP contribution in [0, 0.1) is 0 Å². The summed E-state index contributed by atoms with van der Waals surface area (Å²) in [6.07, 6.45) is 2.74. The summed E-state index contributed by atoms with van der Waals surface area (Å²) >= 11 is 0. The molecule has 0 spiro atoms. The lowest BCUT2D eigenvalue weighted by Crippen LogP contribution is -2.53. The quantitative estimate of drug-likeness (QED) is 0.488. The second-order valence-corrected chi connectivity index (χ2v) is 3.74. The molecule has 3 amide bonds. The van der Waals surface area contributed by atoms with E-state index in [0.29, 0.717) is 18.2 Å². The molecule has 0 aromatic rings. The van der Waals surface area contributed by atoms with Crippen LogP contribution in [0.5, 0.6) is 0 Å². The third-order valence-electron chi connectivity index (χ3n) is 2.55. The molecule has 96 valence electrons. The van der Waals surface area contributed by atoms with Gasteiger partial charge in [0.05, 0.1) is 6.54 Å². The monoisotopic (exact) mass is 243 g/mol. The van der Waals surface area contributed by atoms with E-state index in [1.54, 1.807) is 0 Å². The number of hydrazine groups is 1. The first-order valence-corrected chi connectivity index (χ1v) is 5.59. The van der Waals surface area contributed by atoms with Crippen LogP contribution in [0.15, 0.2) is 0 Å². The van der Waals surface area contributed by atoms with Gasteiger partial charge in [-0.3, -0.25) is 10.0 Å². The van der Waals surface area contributed by atoms with E-state index in [1.807, 2.05) is 0 Å². The lowest BCUT2D eigenvalue weighted by molar-refractivity contribution is -0.146. The minimum absolute atomic E-state index is 0.0880. The van der Waals surface area contributed by atoms with Crippen LogP contribution < -0.4 is 0 Å². The van der Waals surface area contributed by atoms with E-state index < -0.39 is 6.03 Å². The van der Waals surface area contributed by atoms with Crippen LogP contribution in [0.4, 0.5) is 4.79 Å². The van der Waals surface area contributed by atoms with Crippen LogP contribution in [-0.2, 0) is 9.59 Å². The van der Waals surface area contributed by atoms with E-state index in [9.17, 15) is 14.8 Å². The molecule has 17 heavy (non-hydrogen) atoms. The zero-order valence-corrected chi connectivity index (χ0v) is 9.83. The van der Waals surface area contributed by atoms with Crippen molar-refractivity contribution in [3.8, 4) is 0 Å². The Balaban J connectivity index is 0.000000437. The molecule has 0 aliphatic carbocycles. The Morgan fingerprint density at radius 1 is 1.12 bits per heavy atom. The largest absolute Gasteiger partial charge is 0.362 e. The second-order valence-electron chi connectivity index (χ2n) is 3.74. The van der Waals surface area contributed by atoms with E-state index in [0.717, 1.165) is 19.1 Å². The van der Waals surface area contributed by atoms with Gasteiger partial charge in [-0.2, -0.15) is 0 Å². The molecule has 2 heterocycles. The molecule has 2 aliphatic heterocycles. The standard InChI is InChI=1S/C8H13N3O3.C2H4O/c12-7-3-6-11(14)8(13)10-5-2-1-4-9(7)10;1-2-3/h14H,1-6H2;2H,1H3. The maximum absolute atomic E-state index is 11.5. The molecule has 0 atom stereocenters. The molecule has 0 aromatic heterocycles. The lowest BCUT2D eigenvalue weighted by atomic mass is 10.2. The number of carbonyl (C=O) groups excluding carboxylic acids is 3. The van der Waals surface area contributed by atoms with Crippen molar-refractivity contribution < 1.29 is 19.6 Å². The van der Waals surface area contributed by atoms with Crippen molar-refractivity contribution in [1.29, 1.82) is 0 Å². The van der Waals surface area contributed by atoms with Crippen molar-refractivity contribution in [2.75, 3.05) is 19.6 Å². The van der Waals surface area contributed by atoms with Crippen LogP contribution in [0.3, 0.4) is 0 Å². The van der Waals surface area contributed by atoms with Gasteiger partial charge < -0.3 is 4.79 Å². The van der Waals surface area contributed by atoms with Gasteiger partial charge in [0.2, 0.25) is 5.91 Å². The first-order chi connectivity index (χ1) is 8.11. The topological polar surface area (TPSA) is 81.2 Å². The lowest BCUT2D eigenvalue weighted by Gasteiger charge is -2.37. The predicted molar refractivity (Wildman–Crippen MR) is 57.9 cm³/mol. The van der Waals surface area contributed by atoms with Crippen molar-refractivity contribution in [3.05, 3.63) is 0 Å². The third kappa shape index (κ3) is 3.16. The molecule has 0 unspecified atom stereocenters. The Labute approximate surface area is 99.5 Å². The highest BCUT2D eigenvalue weighted by atomic mass is 16.5. The smallest absolute Gasteiger partial charge is 0.304 e. The van der Waals surface area contributed by atoms with Gasteiger partial charge in [0.1, 0.15) is 6.29 Å². The van der Waals surface area contributed by atoms with Crippen molar-refractivity contribution in [2.24, 2.45) is 0 Å². The van der Waals surface area contributed by atoms with Gasteiger partial charge in [-0.1, -0.05) is 0 Å². The van der Waals surface area contributed by atoms with Crippen molar-refractivity contribution in [3.63, 3.8) is 0 Å². The van der Waals surface area contributed by atoms with E-state index in [-0.39, 0.29) is 18.9 Å². The summed E-state index contributed by atoms with van der Waals surface area (Å²) in [6, 6.07) is -0.490. The average molecular weight is 243 g/mol. The molecule has 2 aliphatic rings. The van der Waals surface area contributed by atoms with Crippen LogP contribution in [0.2, 0.25) is 0 Å². The molecule has 0 saturated carbocycles. The fourth-order valence-corrected chi connectivity index (χ4v) is 1.78. The predicted octanol–water partition coefficient (Wildman–Crippen LogP) is 0.246. The van der Waals surface area contributed by atoms with Crippen molar-refractivity contribution >= 4 is 18.2 Å². The Morgan fingerprint density at radius 3 is 2.24 bits per heavy atom. The summed E-state index contributed by atoms with van der Waals surface area (Å²) < 4.78 is 0. The van der Waals surface area contributed by atoms with Gasteiger partial charge in [0.25, 0.3) is 0 Å². The molecule has 7 nitrogen and oxygen atoms in total. The van der Waals surface area contributed by atoms with Crippen LogP contribution in [-0.4, -0.2) is 58.1 Å². The van der Waals surface area contributed by atoms with Crippen LogP contribution in [0.1, 0.15) is 26.2 Å². The number of carbonyl (C=O) groups is 3. The zero-order valence-electron chi connectivity index (χ0n) is 9.83. The van der Waals surface area contributed by atoms with Gasteiger partial charge in [-0.15, -0.1) is 0 Å². The summed E-state index contributed by atoms with van der Waals surface area (Å²) in [5, 5.41) is 12.7. The Kier molecular flexibility index (Phi) is 4.89. The molecule has 2 fully saturated rings. The highest BCUT2D eigenvalue weighted by molar-refractivity contribution is 5.83. The van der Waals surface area contributed by atoms with Crippen LogP contribution in [0.25, 0.3) is 0 Å². The third-order valence-corrected chi connectivity index (χ3v) is 2.55. The molecule has 0 aromatic carbocycles. The highest BCUT2D eigenvalue weighted by Gasteiger charge is 2.34. The molecule has 2 rings (SSSR count). The number of nitrogens with zero attached hydrogens (tertiary/aromatic N) is 3. The maximum atomic E-state index is 11.5. The molecular weight excluding hydrogens is 226 g/mol. The van der Waals surface area contributed by atoms with Crippen LogP contribution >= 0.6 is 0 Å². The molecule has 0 bridgehead atoms. The summed E-state index contributed by atoms with van der Waals surface area (Å²) in [6.45, 7) is 2.63. The number of rotatable bonds is 0. The first kappa shape index (κ1) is 13.4. The number of urea groups is 1. The number of hydrogen-bond donors (Lipinski definition) is 1. The van der Waals surface area contributed by atoms with Crippen molar-refractivity contribution in [1.82, 2.24) is 15.1 Å².